The van der Waals surface area contributed by atoms with Crippen LogP contribution in [-0.2, 0) is 16.1 Å². The molecular formula is C13H10FN5O3. The SMILES string of the molecule is COC(=O)Cn1nnc2c(cnn2-c2ccc(F)cc2)c1=O. The van der Waals surface area contributed by atoms with Crippen LogP contribution in [0.3, 0.4) is 0 Å². The van der Waals surface area contributed by atoms with Gasteiger partial charge in [-0.15, -0.1) is 5.10 Å². The van der Waals surface area contributed by atoms with Crippen LogP contribution >= 0.6 is 0 Å². The molecule has 0 atom stereocenters. The van der Waals surface area contributed by atoms with Crippen molar-refractivity contribution < 1.29 is 13.9 Å². The number of nitrogens with zero attached hydrogens (tertiary/aromatic N) is 5. The first-order chi connectivity index (χ1) is 10.6. The van der Waals surface area contributed by atoms with Crippen molar-refractivity contribution >= 4 is 17.0 Å². The summed E-state index contributed by atoms with van der Waals surface area (Å²) >= 11 is 0. The average molecular weight is 303 g/mol. The van der Waals surface area contributed by atoms with E-state index in [4.69, 9.17) is 0 Å². The Morgan fingerprint density at radius 3 is 2.73 bits per heavy atom. The Kier molecular flexibility index (Phi) is 3.37. The second kappa shape index (κ2) is 5.35. The highest BCUT2D eigenvalue weighted by Crippen LogP contribution is 2.13. The Balaban J connectivity index is 2.09. The van der Waals surface area contributed by atoms with Crippen LogP contribution in [0.2, 0.25) is 0 Å². The number of hydrogen-bond donors (Lipinski definition) is 0. The predicted molar refractivity (Wildman–Crippen MR) is 72.9 cm³/mol. The van der Waals surface area contributed by atoms with E-state index in [2.05, 4.69) is 20.1 Å². The van der Waals surface area contributed by atoms with Gasteiger partial charge in [0.15, 0.2) is 5.65 Å². The molecular weight excluding hydrogens is 293 g/mol. The lowest BCUT2D eigenvalue weighted by Crippen LogP contribution is -2.28. The molecule has 3 aromatic rings. The lowest BCUT2D eigenvalue weighted by Gasteiger charge is -2.04. The maximum absolute atomic E-state index is 13.0. The van der Waals surface area contributed by atoms with Crippen molar-refractivity contribution in [2.45, 2.75) is 6.54 Å². The topological polar surface area (TPSA) is 91.9 Å². The van der Waals surface area contributed by atoms with Gasteiger partial charge in [-0.3, -0.25) is 9.59 Å². The second-order valence-electron chi connectivity index (χ2n) is 4.40. The van der Waals surface area contributed by atoms with Crippen molar-refractivity contribution in [2.75, 3.05) is 7.11 Å². The van der Waals surface area contributed by atoms with E-state index in [1.54, 1.807) is 0 Å². The fourth-order valence-electron chi connectivity index (χ4n) is 1.93. The van der Waals surface area contributed by atoms with Gasteiger partial charge in [-0.05, 0) is 24.3 Å². The number of ether oxygens (including phenoxy) is 1. The normalized spacial score (nSPS) is 10.8. The van der Waals surface area contributed by atoms with E-state index < -0.39 is 11.5 Å². The first kappa shape index (κ1) is 13.9. The minimum atomic E-state index is -0.610. The number of benzene rings is 1. The predicted octanol–water partition coefficient (Wildman–Crippen LogP) is 0.289. The van der Waals surface area contributed by atoms with Crippen LogP contribution < -0.4 is 5.56 Å². The van der Waals surface area contributed by atoms with Crippen LogP contribution in [0.5, 0.6) is 0 Å². The zero-order chi connectivity index (χ0) is 15.7. The van der Waals surface area contributed by atoms with Crippen molar-refractivity contribution in [3.8, 4) is 5.69 Å². The molecule has 22 heavy (non-hydrogen) atoms. The summed E-state index contributed by atoms with van der Waals surface area (Å²) in [6, 6.07) is 5.55. The Bertz CT molecular complexity index is 900. The Hall–Kier alpha value is -3.10. The zero-order valence-corrected chi connectivity index (χ0v) is 11.4. The summed E-state index contributed by atoms with van der Waals surface area (Å²) in [7, 11) is 1.21. The molecule has 3 rings (SSSR count). The van der Waals surface area contributed by atoms with E-state index in [9.17, 15) is 14.0 Å². The number of aromatic nitrogens is 5. The Labute approximate surface area is 122 Å². The second-order valence-corrected chi connectivity index (χ2v) is 4.40. The highest BCUT2D eigenvalue weighted by Gasteiger charge is 2.14. The monoisotopic (exact) mass is 303 g/mol. The first-order valence-corrected chi connectivity index (χ1v) is 6.24. The molecule has 0 radical (unpaired) electrons. The van der Waals surface area contributed by atoms with Gasteiger partial charge in [0.1, 0.15) is 17.7 Å². The summed E-state index contributed by atoms with van der Waals surface area (Å²) in [6.45, 7) is -0.333. The number of rotatable bonds is 3. The van der Waals surface area contributed by atoms with Crippen molar-refractivity contribution in [3.05, 3.63) is 46.6 Å². The molecule has 0 bridgehead atoms. The molecule has 112 valence electrons. The van der Waals surface area contributed by atoms with Gasteiger partial charge in [-0.1, -0.05) is 5.21 Å². The number of carbonyl (C=O) groups excluding carboxylic acids is 1. The number of halogens is 1. The van der Waals surface area contributed by atoms with Crippen LogP contribution in [-0.4, -0.2) is 37.9 Å². The highest BCUT2D eigenvalue weighted by molar-refractivity contribution is 5.75. The number of methoxy groups -OCH3 is 1. The van der Waals surface area contributed by atoms with Crippen molar-refractivity contribution in [1.82, 2.24) is 24.8 Å². The van der Waals surface area contributed by atoms with Crippen LogP contribution in [0.25, 0.3) is 16.7 Å². The molecule has 2 aromatic heterocycles. The zero-order valence-electron chi connectivity index (χ0n) is 11.4. The molecule has 0 unspecified atom stereocenters. The molecule has 9 heteroatoms. The molecule has 0 amide bonds. The summed E-state index contributed by atoms with van der Waals surface area (Å²) in [5.74, 6) is -0.992. The quantitative estimate of drug-likeness (QED) is 0.646. The number of esters is 1. The first-order valence-electron chi connectivity index (χ1n) is 6.24. The number of carbonyl (C=O) groups is 1. The molecule has 0 aliphatic rings. The van der Waals surface area contributed by atoms with Crippen molar-refractivity contribution in [1.29, 1.82) is 0 Å². The standard InChI is InChI=1S/C13H10FN5O3/c1-22-11(20)7-18-13(21)10-6-15-19(12(10)16-17-18)9-4-2-8(14)3-5-9/h2-6H,7H2,1H3. The summed E-state index contributed by atoms with van der Waals surface area (Å²) in [6.07, 6.45) is 1.32. The Morgan fingerprint density at radius 1 is 1.32 bits per heavy atom. The highest BCUT2D eigenvalue weighted by atomic mass is 19.1. The molecule has 8 nitrogen and oxygen atoms in total. The van der Waals surface area contributed by atoms with E-state index in [-0.39, 0.29) is 23.4 Å². The summed E-state index contributed by atoms with van der Waals surface area (Å²) in [4.78, 5) is 23.4. The van der Waals surface area contributed by atoms with Crippen LogP contribution in [0.1, 0.15) is 0 Å². The van der Waals surface area contributed by atoms with Crippen molar-refractivity contribution in [3.63, 3.8) is 0 Å². The number of fused-ring (bicyclic) bond motifs is 1. The van der Waals surface area contributed by atoms with Gasteiger partial charge in [0.25, 0.3) is 5.56 Å². The number of hydrogen-bond acceptors (Lipinski definition) is 6. The maximum Gasteiger partial charge on any atom is 0.327 e. The van der Waals surface area contributed by atoms with Crippen LogP contribution in [0, 0.1) is 5.82 Å². The van der Waals surface area contributed by atoms with Gasteiger partial charge in [0.05, 0.1) is 19.0 Å². The molecule has 0 spiro atoms. The van der Waals surface area contributed by atoms with Gasteiger partial charge in [0, 0.05) is 0 Å². The fraction of sp³-hybridized carbons (Fsp3) is 0.154. The lowest BCUT2D eigenvalue weighted by atomic mass is 10.3. The van der Waals surface area contributed by atoms with Crippen LogP contribution in [0.15, 0.2) is 35.3 Å². The van der Waals surface area contributed by atoms with Gasteiger partial charge in [0.2, 0.25) is 0 Å². The molecule has 0 aliphatic heterocycles. The minimum absolute atomic E-state index is 0.197. The molecule has 0 saturated carbocycles. The third-order valence-corrected chi connectivity index (χ3v) is 3.03. The van der Waals surface area contributed by atoms with E-state index in [0.29, 0.717) is 5.69 Å². The summed E-state index contributed by atoms with van der Waals surface area (Å²) < 4.78 is 19.7. The minimum Gasteiger partial charge on any atom is -0.468 e. The van der Waals surface area contributed by atoms with Gasteiger partial charge in [-0.25, -0.2) is 9.07 Å². The van der Waals surface area contributed by atoms with E-state index in [1.807, 2.05) is 0 Å². The van der Waals surface area contributed by atoms with E-state index >= 15 is 0 Å². The molecule has 0 aliphatic carbocycles. The van der Waals surface area contributed by atoms with Gasteiger partial charge in [-0.2, -0.15) is 9.78 Å². The molecule has 0 N–H and O–H groups in total. The third-order valence-electron chi connectivity index (χ3n) is 3.03. The molecule has 2 heterocycles. The lowest BCUT2D eigenvalue weighted by molar-refractivity contribution is -0.141. The molecule has 0 saturated heterocycles. The molecule has 1 aromatic carbocycles. The molecule has 0 fully saturated rings. The summed E-state index contributed by atoms with van der Waals surface area (Å²) in [5.41, 5.74) is 0.248. The fourth-order valence-corrected chi connectivity index (χ4v) is 1.93. The Morgan fingerprint density at radius 2 is 2.05 bits per heavy atom. The average Bonchev–Trinajstić information content (AvgIpc) is 2.95. The smallest absolute Gasteiger partial charge is 0.327 e. The van der Waals surface area contributed by atoms with E-state index in [0.717, 1.165) is 4.68 Å². The van der Waals surface area contributed by atoms with E-state index in [1.165, 1.54) is 42.3 Å². The largest absolute Gasteiger partial charge is 0.468 e. The van der Waals surface area contributed by atoms with Crippen molar-refractivity contribution in [2.24, 2.45) is 0 Å². The van der Waals surface area contributed by atoms with Gasteiger partial charge < -0.3 is 4.74 Å². The summed E-state index contributed by atoms with van der Waals surface area (Å²) in [5, 5.41) is 11.8. The third kappa shape index (κ3) is 2.32. The van der Waals surface area contributed by atoms with Gasteiger partial charge >= 0.3 is 5.97 Å². The maximum atomic E-state index is 13.0. The van der Waals surface area contributed by atoms with Crippen LogP contribution in [0.4, 0.5) is 4.39 Å².